The zero-order valence-corrected chi connectivity index (χ0v) is 15.2. The average Bonchev–Trinajstić information content (AvgIpc) is 2.79. The van der Waals surface area contributed by atoms with Gasteiger partial charge >= 0.3 is 21.1 Å². The van der Waals surface area contributed by atoms with Gasteiger partial charge in [0.15, 0.2) is 0 Å². The lowest BCUT2D eigenvalue weighted by Crippen LogP contribution is -2.32. The molecule has 1 aromatic carbocycles. The van der Waals surface area contributed by atoms with E-state index in [1.807, 2.05) is 0 Å². The molecule has 1 aliphatic carbocycles. The fourth-order valence-corrected chi connectivity index (χ4v) is 7.32. The maximum Gasteiger partial charge on any atom is 0.523 e. The van der Waals surface area contributed by atoms with Crippen molar-refractivity contribution in [2.45, 2.75) is 29.3 Å². The van der Waals surface area contributed by atoms with Gasteiger partial charge in [0, 0.05) is 20.1 Å². The van der Waals surface area contributed by atoms with Crippen molar-refractivity contribution in [1.29, 1.82) is 0 Å². The Morgan fingerprint density at radius 3 is 2.19 bits per heavy atom. The molecule has 0 fully saturated rings. The zero-order valence-electron chi connectivity index (χ0n) is 13.6. The van der Waals surface area contributed by atoms with Crippen molar-refractivity contribution in [2.75, 3.05) is 0 Å². The first-order valence-electron chi connectivity index (χ1n) is 7.49. The van der Waals surface area contributed by atoms with Crippen LogP contribution < -0.4 is 0 Å². The lowest BCUT2D eigenvalue weighted by molar-refractivity contribution is -0.0545. The summed E-state index contributed by atoms with van der Waals surface area (Å²) >= 11 is 0. The molecule has 1 atom stereocenters. The molecule has 27 heavy (non-hydrogen) atoms. The van der Waals surface area contributed by atoms with E-state index in [2.05, 4.69) is 3.63 Å². The number of allylic oxidation sites excluding steroid dienone is 4. The highest BCUT2D eigenvalue weighted by Gasteiger charge is 2.64. The van der Waals surface area contributed by atoms with Crippen molar-refractivity contribution in [2.24, 2.45) is 0 Å². The Balaban J connectivity index is 2.34. The molecule has 148 valence electrons. The number of aryl methyl sites for hydroxylation is 1. The summed E-state index contributed by atoms with van der Waals surface area (Å²) < 4.78 is 109. The van der Waals surface area contributed by atoms with Gasteiger partial charge in [0.1, 0.15) is 0 Å². The number of fused-ring (bicyclic) bond motifs is 1. The number of rotatable bonds is 4. The lowest BCUT2D eigenvalue weighted by atomic mass is 10.0. The first kappa shape index (κ1) is 20.0. The number of hydrogen-bond donors (Lipinski definition) is 0. The summed E-state index contributed by atoms with van der Waals surface area (Å²) in [6.45, 7) is 1.67. The van der Waals surface area contributed by atoms with Gasteiger partial charge in [-0.3, -0.25) is 0 Å². The average molecular weight is 430 g/mol. The van der Waals surface area contributed by atoms with Crippen LogP contribution >= 0.6 is 10.3 Å². The quantitative estimate of drug-likeness (QED) is 0.464. The van der Waals surface area contributed by atoms with E-state index in [9.17, 15) is 34.8 Å². The lowest BCUT2D eigenvalue weighted by Gasteiger charge is -2.40. The second-order valence-electron chi connectivity index (χ2n) is 5.64. The molecule has 0 bridgehead atoms. The number of hydrogen-bond acceptors (Lipinski definition) is 3. The second-order valence-corrected chi connectivity index (χ2v) is 10.0. The highest BCUT2D eigenvalue weighted by atomic mass is 32.3. The highest BCUT2D eigenvalue weighted by molar-refractivity contribution is 8.37. The molecular formula is C16H12F6O3S2. The molecule has 0 amide bonds. The molecule has 1 aliphatic heterocycles. The standard InChI is InChI=1S/C16H12F6O3S2/c1-2-10-5-4-8-13-12(10)9-14(11-6-3-7-11)26(13,15(17,18)19)25-27(23,24)16(20,21)22/h3-9H,2H2,1H3. The van der Waals surface area contributed by atoms with Crippen molar-refractivity contribution in [3.63, 3.8) is 0 Å². The summed E-state index contributed by atoms with van der Waals surface area (Å²) in [6.07, 6.45) is 5.32. The smallest absolute Gasteiger partial charge is 0.196 e. The van der Waals surface area contributed by atoms with E-state index >= 15 is 0 Å². The Kier molecular flexibility index (Phi) is 4.56. The van der Waals surface area contributed by atoms with Crippen LogP contribution in [0, 0.1) is 0 Å². The van der Waals surface area contributed by atoms with E-state index < -0.39 is 41.2 Å². The van der Waals surface area contributed by atoms with Gasteiger partial charge in [0.25, 0.3) is 0 Å². The van der Waals surface area contributed by atoms with Crippen LogP contribution in [0.4, 0.5) is 26.3 Å². The summed E-state index contributed by atoms with van der Waals surface area (Å²) in [5, 5.41) is 0. The SMILES string of the molecule is CCc1cccc2c1C=C(C1=CC=C1)S2(OS(=O)(=O)C(F)(F)F)C(F)(F)F. The molecule has 0 radical (unpaired) electrons. The summed E-state index contributed by atoms with van der Waals surface area (Å²) in [5.74, 6) is 0. The van der Waals surface area contributed by atoms with E-state index in [0.717, 1.165) is 12.1 Å². The Hall–Kier alpha value is -1.72. The maximum absolute atomic E-state index is 14.2. The van der Waals surface area contributed by atoms with Crippen molar-refractivity contribution in [1.82, 2.24) is 0 Å². The van der Waals surface area contributed by atoms with E-state index in [4.69, 9.17) is 0 Å². The molecule has 3 nitrogen and oxygen atoms in total. The number of alkyl halides is 6. The Morgan fingerprint density at radius 1 is 1.11 bits per heavy atom. The summed E-state index contributed by atoms with van der Waals surface area (Å²) in [7, 11) is -11.5. The highest BCUT2D eigenvalue weighted by Crippen LogP contribution is 2.79. The third-order valence-electron chi connectivity index (χ3n) is 4.07. The summed E-state index contributed by atoms with van der Waals surface area (Å²) in [4.78, 5) is -1.21. The first-order chi connectivity index (χ1) is 12.3. The third kappa shape index (κ3) is 2.92. The third-order valence-corrected chi connectivity index (χ3v) is 8.77. The van der Waals surface area contributed by atoms with Crippen molar-refractivity contribution >= 4 is 26.5 Å². The Morgan fingerprint density at radius 2 is 1.74 bits per heavy atom. The Labute approximate surface area is 152 Å². The van der Waals surface area contributed by atoms with Crippen LogP contribution in [0.25, 0.3) is 6.08 Å². The minimum absolute atomic E-state index is 0.0158. The largest absolute Gasteiger partial charge is 0.523 e. The summed E-state index contributed by atoms with van der Waals surface area (Å²) in [6, 6.07) is 3.74. The number of benzene rings is 1. The minimum atomic E-state index is -6.51. The van der Waals surface area contributed by atoms with Crippen molar-refractivity contribution in [3.8, 4) is 0 Å². The fraction of sp³-hybridized carbons (Fsp3) is 0.250. The molecule has 1 aromatic rings. The molecule has 0 spiro atoms. The molecule has 0 saturated heterocycles. The summed E-state index contributed by atoms with van der Waals surface area (Å²) in [5.41, 5.74) is -10.9. The molecule has 11 heteroatoms. The monoisotopic (exact) mass is 430 g/mol. The van der Waals surface area contributed by atoms with Gasteiger partial charge in [-0.1, -0.05) is 37.3 Å². The van der Waals surface area contributed by atoms with Gasteiger partial charge < -0.3 is 0 Å². The molecule has 1 unspecified atom stereocenters. The zero-order chi connectivity index (χ0) is 20.3. The van der Waals surface area contributed by atoms with E-state index in [-0.39, 0.29) is 11.1 Å². The fourth-order valence-electron chi connectivity index (χ4n) is 2.78. The van der Waals surface area contributed by atoms with Gasteiger partial charge in [0.05, 0.1) is 0 Å². The molecule has 0 N–H and O–H groups in total. The molecular weight excluding hydrogens is 418 g/mol. The Bertz CT molecular complexity index is 986. The van der Waals surface area contributed by atoms with Crippen LogP contribution in [0.1, 0.15) is 18.1 Å². The van der Waals surface area contributed by atoms with Crippen LogP contribution in [-0.2, 0) is 20.2 Å². The molecule has 3 rings (SSSR count). The van der Waals surface area contributed by atoms with Gasteiger partial charge in [-0.25, -0.2) is 0 Å². The van der Waals surface area contributed by atoms with E-state index in [1.54, 1.807) is 6.92 Å². The molecule has 0 aromatic heterocycles. The van der Waals surface area contributed by atoms with Crippen molar-refractivity contribution in [3.05, 3.63) is 58.0 Å². The van der Waals surface area contributed by atoms with Crippen LogP contribution in [0.2, 0.25) is 0 Å². The van der Waals surface area contributed by atoms with Crippen LogP contribution in [0.15, 0.2) is 51.8 Å². The topological polar surface area (TPSA) is 43.4 Å². The van der Waals surface area contributed by atoms with Crippen LogP contribution in [0.3, 0.4) is 0 Å². The van der Waals surface area contributed by atoms with Gasteiger partial charge in [0.2, 0.25) is 0 Å². The van der Waals surface area contributed by atoms with Gasteiger partial charge in [-0.2, -0.15) is 38.4 Å². The maximum atomic E-state index is 14.2. The van der Waals surface area contributed by atoms with E-state index in [0.29, 0.717) is 12.0 Å². The van der Waals surface area contributed by atoms with Crippen molar-refractivity contribution < 1.29 is 38.4 Å². The normalized spacial score (nSPS) is 24.6. The van der Waals surface area contributed by atoms with Gasteiger partial charge in [-0.05, 0) is 35.3 Å². The van der Waals surface area contributed by atoms with Crippen LogP contribution in [0.5, 0.6) is 0 Å². The molecule has 1 heterocycles. The number of halogens is 6. The second kappa shape index (κ2) is 6.14. The van der Waals surface area contributed by atoms with E-state index in [1.165, 1.54) is 30.4 Å². The predicted octanol–water partition coefficient (Wildman–Crippen LogP) is 5.56. The predicted molar refractivity (Wildman–Crippen MR) is 89.0 cm³/mol. The van der Waals surface area contributed by atoms with Crippen LogP contribution in [-0.4, -0.2) is 19.4 Å². The minimum Gasteiger partial charge on any atom is -0.196 e. The molecule has 2 aliphatic rings. The first-order valence-corrected chi connectivity index (χ1v) is 10.5. The van der Waals surface area contributed by atoms with Gasteiger partial charge in [-0.15, -0.1) is 0 Å². The molecule has 0 saturated carbocycles.